The Morgan fingerprint density at radius 1 is 1.23 bits per heavy atom. The molecule has 0 aliphatic heterocycles. The summed E-state index contributed by atoms with van der Waals surface area (Å²) in [5.41, 5.74) is 4.09. The predicted molar refractivity (Wildman–Crippen MR) is 106 cm³/mol. The lowest BCUT2D eigenvalue weighted by atomic mass is 10.1. The first-order valence-corrected chi connectivity index (χ1v) is 9.18. The van der Waals surface area contributed by atoms with Crippen LogP contribution in [0.5, 0.6) is 0 Å². The molecule has 0 bridgehead atoms. The van der Waals surface area contributed by atoms with Gasteiger partial charge in [0.15, 0.2) is 5.82 Å². The first-order valence-electron chi connectivity index (χ1n) is 8.03. The molecular weight excluding hydrogens is 371 g/mol. The average molecular weight is 389 g/mol. The highest BCUT2D eigenvalue weighted by atomic mass is 35.5. The van der Waals surface area contributed by atoms with E-state index in [4.69, 9.17) is 11.6 Å². The van der Waals surface area contributed by atoms with Crippen molar-refractivity contribution in [3.8, 4) is 0 Å². The fourth-order valence-corrected chi connectivity index (χ4v) is 2.99. The van der Waals surface area contributed by atoms with Gasteiger partial charge in [0, 0.05) is 35.5 Å². The molecule has 2 aromatic carbocycles. The number of hydrogen-bond acceptors (Lipinski definition) is 5. The van der Waals surface area contributed by atoms with Gasteiger partial charge in [-0.25, -0.2) is 4.39 Å². The largest absolute Gasteiger partial charge is 0.384 e. The third kappa shape index (κ3) is 5.03. The molecule has 0 spiro atoms. The molecule has 3 rings (SSSR count). The summed E-state index contributed by atoms with van der Waals surface area (Å²) in [4.78, 5) is 4.41. The van der Waals surface area contributed by atoms with Gasteiger partial charge >= 0.3 is 0 Å². The molecule has 0 saturated heterocycles. The summed E-state index contributed by atoms with van der Waals surface area (Å²) >= 11 is 7.01. The summed E-state index contributed by atoms with van der Waals surface area (Å²) in [6.45, 7) is 4.79. The van der Waals surface area contributed by atoms with Crippen molar-refractivity contribution >= 4 is 40.0 Å². The molecular formula is C19H18ClFN4S. The van der Waals surface area contributed by atoms with Gasteiger partial charge in [-0.15, -0.1) is 0 Å². The lowest BCUT2D eigenvalue weighted by Gasteiger charge is -2.06. The SMILES string of the molecule is C/C(=C\c1nsc(Nc2ccc(F)c(Cl)c2)n1)NCc1ccc(C)cc1. The van der Waals surface area contributed by atoms with E-state index in [1.807, 2.05) is 13.0 Å². The van der Waals surface area contributed by atoms with Crippen LogP contribution in [-0.4, -0.2) is 9.36 Å². The van der Waals surface area contributed by atoms with Crippen LogP contribution in [0.1, 0.15) is 23.9 Å². The third-order valence-corrected chi connectivity index (χ3v) is 4.58. The van der Waals surface area contributed by atoms with Crippen molar-refractivity contribution in [1.29, 1.82) is 0 Å². The van der Waals surface area contributed by atoms with Gasteiger partial charge in [0.25, 0.3) is 0 Å². The van der Waals surface area contributed by atoms with Gasteiger partial charge in [-0.3, -0.25) is 0 Å². The highest BCUT2D eigenvalue weighted by Crippen LogP contribution is 2.24. The molecule has 0 unspecified atom stereocenters. The number of aryl methyl sites for hydroxylation is 1. The van der Waals surface area contributed by atoms with Crippen molar-refractivity contribution in [1.82, 2.24) is 14.7 Å². The minimum absolute atomic E-state index is 0.0655. The van der Waals surface area contributed by atoms with Crippen LogP contribution in [0, 0.1) is 12.7 Å². The number of hydrogen-bond donors (Lipinski definition) is 2. The number of anilines is 2. The number of nitrogens with one attached hydrogen (secondary N) is 2. The average Bonchev–Trinajstić information content (AvgIpc) is 3.04. The summed E-state index contributed by atoms with van der Waals surface area (Å²) in [5, 5.41) is 7.10. The summed E-state index contributed by atoms with van der Waals surface area (Å²) in [7, 11) is 0. The molecule has 0 saturated carbocycles. The van der Waals surface area contributed by atoms with Gasteiger partial charge in [-0.1, -0.05) is 41.4 Å². The Labute approximate surface area is 160 Å². The van der Waals surface area contributed by atoms with Crippen molar-refractivity contribution in [2.24, 2.45) is 0 Å². The topological polar surface area (TPSA) is 49.8 Å². The second-order valence-corrected chi connectivity index (χ2v) is 7.04. The minimum Gasteiger partial charge on any atom is -0.384 e. The van der Waals surface area contributed by atoms with E-state index >= 15 is 0 Å². The lowest BCUT2D eigenvalue weighted by molar-refractivity contribution is 0.628. The summed E-state index contributed by atoms with van der Waals surface area (Å²) in [6.07, 6.45) is 1.88. The van der Waals surface area contributed by atoms with Crippen LogP contribution < -0.4 is 10.6 Å². The Morgan fingerprint density at radius 2 is 2.00 bits per heavy atom. The zero-order valence-electron chi connectivity index (χ0n) is 14.4. The maximum atomic E-state index is 13.2. The second-order valence-electron chi connectivity index (χ2n) is 5.88. The van der Waals surface area contributed by atoms with E-state index in [2.05, 4.69) is 51.2 Å². The van der Waals surface area contributed by atoms with Crippen LogP contribution in [0.25, 0.3) is 6.08 Å². The maximum absolute atomic E-state index is 13.2. The van der Waals surface area contributed by atoms with Crippen LogP contribution in [0.3, 0.4) is 0 Å². The van der Waals surface area contributed by atoms with Crippen LogP contribution in [0.2, 0.25) is 5.02 Å². The Hall–Kier alpha value is -2.44. The Bertz CT molecular complexity index is 922. The van der Waals surface area contributed by atoms with E-state index in [9.17, 15) is 4.39 Å². The first kappa shape index (κ1) is 18.4. The highest BCUT2D eigenvalue weighted by molar-refractivity contribution is 7.09. The van der Waals surface area contributed by atoms with E-state index in [-0.39, 0.29) is 5.02 Å². The molecule has 3 aromatic rings. The van der Waals surface area contributed by atoms with Crippen LogP contribution >= 0.6 is 23.1 Å². The quantitative estimate of drug-likeness (QED) is 0.582. The maximum Gasteiger partial charge on any atom is 0.207 e. The van der Waals surface area contributed by atoms with Crippen molar-refractivity contribution in [2.75, 3.05) is 5.32 Å². The molecule has 1 heterocycles. The normalized spacial score (nSPS) is 11.5. The number of rotatable bonds is 6. The molecule has 26 heavy (non-hydrogen) atoms. The van der Waals surface area contributed by atoms with E-state index in [1.165, 1.54) is 34.8 Å². The van der Waals surface area contributed by atoms with Crippen LogP contribution in [0.15, 0.2) is 48.2 Å². The molecule has 0 aliphatic carbocycles. The van der Waals surface area contributed by atoms with Crippen molar-refractivity contribution in [3.05, 3.63) is 76.0 Å². The number of aromatic nitrogens is 2. The number of benzene rings is 2. The smallest absolute Gasteiger partial charge is 0.207 e. The highest BCUT2D eigenvalue weighted by Gasteiger charge is 2.05. The van der Waals surface area contributed by atoms with E-state index < -0.39 is 5.82 Å². The summed E-state index contributed by atoms with van der Waals surface area (Å²) < 4.78 is 17.5. The lowest BCUT2D eigenvalue weighted by Crippen LogP contribution is -2.10. The molecule has 134 valence electrons. The minimum atomic E-state index is -0.451. The fourth-order valence-electron chi connectivity index (χ4n) is 2.23. The molecule has 2 N–H and O–H groups in total. The third-order valence-electron chi connectivity index (χ3n) is 3.65. The number of nitrogens with zero attached hydrogens (tertiary/aromatic N) is 2. The van der Waals surface area contributed by atoms with Gasteiger partial charge in [0.2, 0.25) is 5.13 Å². The molecule has 0 fully saturated rings. The van der Waals surface area contributed by atoms with Crippen molar-refractivity contribution in [3.63, 3.8) is 0 Å². The fraction of sp³-hybridized carbons (Fsp3) is 0.158. The van der Waals surface area contributed by atoms with Gasteiger partial charge < -0.3 is 10.6 Å². The Morgan fingerprint density at radius 3 is 2.73 bits per heavy atom. The summed E-state index contributed by atoms with van der Waals surface area (Å²) in [6, 6.07) is 12.8. The molecule has 1 aromatic heterocycles. The van der Waals surface area contributed by atoms with E-state index in [0.29, 0.717) is 16.6 Å². The van der Waals surface area contributed by atoms with Crippen LogP contribution in [-0.2, 0) is 6.54 Å². The Balaban J connectivity index is 1.60. The molecule has 0 atom stereocenters. The number of halogens is 2. The van der Waals surface area contributed by atoms with E-state index in [0.717, 1.165) is 12.2 Å². The van der Waals surface area contributed by atoms with Gasteiger partial charge in [0.05, 0.1) is 5.02 Å². The van der Waals surface area contributed by atoms with Gasteiger partial charge in [-0.2, -0.15) is 9.36 Å². The molecule has 0 aliphatic rings. The summed E-state index contributed by atoms with van der Waals surface area (Å²) in [5.74, 6) is 0.160. The Kier molecular flexibility index (Phi) is 5.85. The predicted octanol–water partition coefficient (Wildman–Crippen LogP) is 5.53. The first-order chi connectivity index (χ1) is 12.5. The van der Waals surface area contributed by atoms with E-state index in [1.54, 1.807) is 6.07 Å². The second kappa shape index (κ2) is 8.29. The van der Waals surface area contributed by atoms with Crippen molar-refractivity contribution < 1.29 is 4.39 Å². The van der Waals surface area contributed by atoms with Gasteiger partial charge in [0.1, 0.15) is 5.82 Å². The monoisotopic (exact) mass is 388 g/mol. The standard InChI is InChI=1S/C19H18ClFN4S/c1-12-3-5-14(6-4-12)11-22-13(2)9-18-24-19(26-25-18)23-15-7-8-17(21)16(20)10-15/h3-10,22H,11H2,1-2H3,(H,23,24,25)/b13-9+. The number of allylic oxidation sites excluding steroid dienone is 1. The molecule has 0 radical (unpaired) electrons. The van der Waals surface area contributed by atoms with Crippen molar-refractivity contribution in [2.45, 2.75) is 20.4 Å². The molecule has 7 heteroatoms. The van der Waals surface area contributed by atoms with Crippen LogP contribution in [0.4, 0.5) is 15.2 Å². The molecule has 0 amide bonds. The zero-order valence-corrected chi connectivity index (χ0v) is 16.0. The van der Waals surface area contributed by atoms with Gasteiger partial charge in [-0.05, 0) is 37.6 Å². The molecule has 4 nitrogen and oxygen atoms in total. The zero-order chi connectivity index (χ0) is 18.5.